The van der Waals surface area contributed by atoms with E-state index in [1.54, 1.807) is 11.3 Å². The average molecular weight is 266 g/mol. The Morgan fingerprint density at radius 2 is 2.17 bits per heavy atom. The van der Waals surface area contributed by atoms with Crippen molar-refractivity contribution in [2.45, 2.75) is 37.1 Å². The number of rotatable bonds is 4. The van der Waals surface area contributed by atoms with Gasteiger partial charge in [0.25, 0.3) is 0 Å². The summed E-state index contributed by atoms with van der Waals surface area (Å²) in [6.07, 6.45) is 5.07. The van der Waals surface area contributed by atoms with Crippen molar-refractivity contribution in [3.8, 4) is 0 Å². The first kappa shape index (κ1) is 11.9. The minimum absolute atomic E-state index is 0.310. The molecule has 2 heterocycles. The highest BCUT2D eigenvalue weighted by molar-refractivity contribution is 7.16. The Bertz CT molecular complexity index is 449. The van der Waals surface area contributed by atoms with Gasteiger partial charge in [0.05, 0.1) is 10.3 Å². The number of carbonyl (C=O) groups is 1. The molecule has 1 aliphatic carbocycles. The number of nitrogens with one attached hydrogen (secondary N) is 2. The Morgan fingerprint density at radius 1 is 1.44 bits per heavy atom. The zero-order valence-electron chi connectivity index (χ0n) is 10.2. The number of carbonyl (C=O) groups excluding carboxylic acids is 1. The average Bonchev–Trinajstić information content (AvgIpc) is 3.10. The van der Waals surface area contributed by atoms with Gasteiger partial charge in [-0.25, -0.2) is 4.98 Å². The first-order valence-electron chi connectivity index (χ1n) is 6.44. The number of anilines is 2. The zero-order valence-corrected chi connectivity index (χ0v) is 11.1. The molecule has 0 radical (unpaired) electrons. The maximum Gasteiger partial charge on any atom is 0.185 e. The molecule has 1 aromatic rings. The lowest BCUT2D eigenvalue weighted by Gasteiger charge is -2.23. The number of nitrogens with two attached hydrogens (primary N) is 1. The van der Waals surface area contributed by atoms with Crippen molar-refractivity contribution in [3.63, 3.8) is 0 Å². The summed E-state index contributed by atoms with van der Waals surface area (Å²) in [4.78, 5) is 16.5. The lowest BCUT2D eigenvalue weighted by Crippen LogP contribution is -2.35. The minimum atomic E-state index is -0.310. The third kappa shape index (κ3) is 2.10. The van der Waals surface area contributed by atoms with Crippen LogP contribution in [0.25, 0.3) is 0 Å². The number of aromatic nitrogens is 1. The van der Waals surface area contributed by atoms with Gasteiger partial charge in [0, 0.05) is 6.04 Å². The number of thiazole rings is 1. The van der Waals surface area contributed by atoms with Gasteiger partial charge in [-0.15, -0.1) is 0 Å². The van der Waals surface area contributed by atoms with E-state index < -0.39 is 0 Å². The highest BCUT2D eigenvalue weighted by atomic mass is 32.1. The maximum atomic E-state index is 11.1. The van der Waals surface area contributed by atoms with Gasteiger partial charge in [-0.05, 0) is 38.8 Å². The number of hydrogen-bond acceptors (Lipinski definition) is 6. The highest BCUT2D eigenvalue weighted by Crippen LogP contribution is 2.51. The van der Waals surface area contributed by atoms with E-state index in [-0.39, 0.29) is 5.41 Å². The molecule has 0 bridgehead atoms. The fourth-order valence-corrected chi connectivity index (χ4v) is 3.59. The van der Waals surface area contributed by atoms with E-state index in [4.69, 9.17) is 5.73 Å². The maximum absolute atomic E-state index is 11.1. The van der Waals surface area contributed by atoms with Crippen LogP contribution in [0.3, 0.4) is 0 Å². The van der Waals surface area contributed by atoms with Crippen molar-refractivity contribution in [1.29, 1.82) is 0 Å². The third-order valence-electron chi connectivity index (χ3n) is 3.79. The molecule has 2 aliphatic rings. The van der Waals surface area contributed by atoms with Crippen LogP contribution in [0, 0.1) is 0 Å². The van der Waals surface area contributed by atoms with Crippen LogP contribution in [0.15, 0.2) is 0 Å². The molecule has 18 heavy (non-hydrogen) atoms. The van der Waals surface area contributed by atoms with Gasteiger partial charge in [-0.1, -0.05) is 11.3 Å². The Morgan fingerprint density at radius 3 is 2.78 bits per heavy atom. The molecular formula is C12H18N4OS. The molecule has 0 spiro atoms. The largest absolute Gasteiger partial charge is 0.383 e. The predicted octanol–water partition coefficient (Wildman–Crippen LogP) is 1.12. The Balaban J connectivity index is 1.73. The topological polar surface area (TPSA) is 80.0 Å². The molecule has 98 valence electrons. The van der Waals surface area contributed by atoms with Crippen molar-refractivity contribution in [2.75, 3.05) is 24.1 Å². The lowest BCUT2D eigenvalue weighted by molar-refractivity contribution is -0.109. The second kappa shape index (κ2) is 4.51. The molecular weight excluding hydrogens is 248 g/mol. The molecule has 0 aromatic carbocycles. The fourth-order valence-electron chi connectivity index (χ4n) is 2.42. The van der Waals surface area contributed by atoms with Crippen molar-refractivity contribution in [1.82, 2.24) is 10.3 Å². The minimum Gasteiger partial charge on any atom is -0.383 e. The first-order valence-corrected chi connectivity index (χ1v) is 7.25. The molecule has 0 amide bonds. The van der Waals surface area contributed by atoms with Gasteiger partial charge >= 0.3 is 0 Å². The Labute approximate surface area is 110 Å². The first-order chi connectivity index (χ1) is 8.73. The van der Waals surface area contributed by atoms with Crippen molar-refractivity contribution in [3.05, 3.63) is 4.88 Å². The summed E-state index contributed by atoms with van der Waals surface area (Å²) in [6, 6.07) is 0.469. The van der Waals surface area contributed by atoms with Crippen LogP contribution in [0.1, 0.15) is 30.6 Å². The van der Waals surface area contributed by atoms with E-state index in [9.17, 15) is 4.79 Å². The standard InChI is InChI=1S/C12H18N4OS/c13-10-9(12(7-17)3-4-12)18-11(16-10)15-8-1-5-14-6-2-8/h7-8,14H,1-6,13H2,(H,15,16). The summed E-state index contributed by atoms with van der Waals surface area (Å²) >= 11 is 1.55. The summed E-state index contributed by atoms with van der Waals surface area (Å²) < 4.78 is 0. The Hall–Kier alpha value is -1.14. The smallest absolute Gasteiger partial charge is 0.185 e. The van der Waals surface area contributed by atoms with Gasteiger partial charge < -0.3 is 21.2 Å². The number of hydrogen-bond donors (Lipinski definition) is 3. The summed E-state index contributed by atoms with van der Waals surface area (Å²) in [5.41, 5.74) is 5.63. The summed E-state index contributed by atoms with van der Waals surface area (Å²) in [6.45, 7) is 2.09. The van der Waals surface area contributed by atoms with Crippen LogP contribution in [0.5, 0.6) is 0 Å². The van der Waals surface area contributed by atoms with E-state index in [1.165, 1.54) is 0 Å². The van der Waals surface area contributed by atoms with Gasteiger partial charge in [-0.3, -0.25) is 0 Å². The van der Waals surface area contributed by atoms with Gasteiger partial charge in [0.15, 0.2) is 5.13 Å². The van der Waals surface area contributed by atoms with Crippen LogP contribution < -0.4 is 16.4 Å². The van der Waals surface area contributed by atoms with Gasteiger partial charge in [0.1, 0.15) is 12.1 Å². The molecule has 3 rings (SSSR count). The van der Waals surface area contributed by atoms with E-state index in [1.807, 2.05) is 0 Å². The fraction of sp³-hybridized carbons (Fsp3) is 0.667. The van der Waals surface area contributed by atoms with Gasteiger partial charge in [-0.2, -0.15) is 0 Å². The van der Waals surface area contributed by atoms with E-state index in [0.29, 0.717) is 11.9 Å². The molecule has 5 nitrogen and oxygen atoms in total. The van der Waals surface area contributed by atoms with Gasteiger partial charge in [0.2, 0.25) is 0 Å². The van der Waals surface area contributed by atoms with Crippen molar-refractivity contribution >= 4 is 28.6 Å². The molecule has 1 aliphatic heterocycles. The second-order valence-electron chi connectivity index (χ2n) is 5.18. The summed E-state index contributed by atoms with van der Waals surface area (Å²) in [5, 5.41) is 7.63. The van der Waals surface area contributed by atoms with Crippen molar-refractivity contribution < 1.29 is 4.79 Å². The molecule has 1 aromatic heterocycles. The van der Waals surface area contributed by atoms with Crippen LogP contribution in [0.2, 0.25) is 0 Å². The van der Waals surface area contributed by atoms with E-state index in [2.05, 4.69) is 15.6 Å². The molecule has 0 atom stereocenters. The quantitative estimate of drug-likeness (QED) is 0.712. The summed E-state index contributed by atoms with van der Waals surface area (Å²) in [7, 11) is 0. The third-order valence-corrected chi connectivity index (χ3v) is 5.01. The van der Waals surface area contributed by atoms with E-state index in [0.717, 1.165) is 55.1 Å². The number of nitrogens with zero attached hydrogens (tertiary/aromatic N) is 1. The normalized spacial score (nSPS) is 22.7. The van der Waals surface area contributed by atoms with E-state index >= 15 is 0 Å². The predicted molar refractivity (Wildman–Crippen MR) is 73.0 cm³/mol. The van der Waals surface area contributed by atoms with Crippen LogP contribution in [0.4, 0.5) is 10.9 Å². The highest BCUT2D eigenvalue weighted by Gasteiger charge is 2.47. The van der Waals surface area contributed by atoms with Crippen molar-refractivity contribution in [2.24, 2.45) is 0 Å². The number of aldehydes is 1. The van der Waals surface area contributed by atoms with Crippen LogP contribution in [-0.2, 0) is 10.2 Å². The SMILES string of the molecule is Nc1nc(NC2CCNCC2)sc1C1(C=O)CC1. The monoisotopic (exact) mass is 266 g/mol. The van der Waals surface area contributed by atoms with Crippen LogP contribution in [-0.4, -0.2) is 30.4 Å². The summed E-state index contributed by atoms with van der Waals surface area (Å²) in [5.74, 6) is 0.529. The van der Waals surface area contributed by atoms with Crippen LogP contribution >= 0.6 is 11.3 Å². The second-order valence-corrected chi connectivity index (χ2v) is 6.18. The molecule has 4 N–H and O–H groups in total. The molecule has 6 heteroatoms. The molecule has 1 saturated heterocycles. The number of piperidine rings is 1. The molecule has 2 fully saturated rings. The number of nitrogen functional groups attached to an aromatic ring is 1. The molecule has 0 unspecified atom stereocenters. The molecule has 1 saturated carbocycles. The lowest BCUT2D eigenvalue weighted by atomic mass is 10.1. The Kier molecular flexibility index (Phi) is 2.99. The zero-order chi connectivity index (χ0) is 12.6.